The zero-order valence-corrected chi connectivity index (χ0v) is 15.2. The van der Waals surface area contributed by atoms with Crippen LogP contribution in [0.2, 0.25) is 0 Å². The van der Waals surface area contributed by atoms with Gasteiger partial charge in [0.1, 0.15) is 5.60 Å². The molecule has 0 bridgehead atoms. The summed E-state index contributed by atoms with van der Waals surface area (Å²) in [7, 11) is 0. The molecule has 1 aromatic rings. The van der Waals surface area contributed by atoms with Gasteiger partial charge in [0.25, 0.3) is 0 Å². The molecule has 0 aliphatic heterocycles. The highest BCUT2D eigenvalue weighted by Crippen LogP contribution is 2.18. The number of hydrogen-bond donors (Lipinski definition) is 3. The Labute approximate surface area is 149 Å². The van der Waals surface area contributed by atoms with E-state index in [0.29, 0.717) is 12.1 Å². The fourth-order valence-electron chi connectivity index (χ4n) is 2.81. The molecule has 1 fully saturated rings. The number of benzene rings is 1. The Morgan fingerprint density at radius 1 is 1.12 bits per heavy atom. The number of hydrogen-bond acceptors (Lipinski definition) is 4. The number of ether oxygens (including phenoxy) is 1. The lowest BCUT2D eigenvalue weighted by Gasteiger charge is -2.26. The highest BCUT2D eigenvalue weighted by Gasteiger charge is 2.20. The SMILES string of the molecule is CC(C)(C)OC(=O)Nc1ccc(CC(=O)NC2CCC(O)CC2)cc1. The third-order valence-electron chi connectivity index (χ3n) is 4.03. The smallest absolute Gasteiger partial charge is 0.412 e. The summed E-state index contributed by atoms with van der Waals surface area (Å²) in [5.74, 6) is -0.0192. The molecule has 2 rings (SSSR count). The Hall–Kier alpha value is -2.08. The maximum Gasteiger partial charge on any atom is 0.412 e. The van der Waals surface area contributed by atoms with Crippen LogP contribution in [-0.4, -0.2) is 34.9 Å². The van der Waals surface area contributed by atoms with Gasteiger partial charge in [-0.3, -0.25) is 10.1 Å². The standard InChI is InChI=1S/C19H28N2O4/c1-19(2,3)25-18(24)21-15-6-4-13(5-7-15)12-17(23)20-14-8-10-16(22)11-9-14/h4-7,14,16,22H,8-12H2,1-3H3,(H,20,23)(H,21,24). The van der Waals surface area contributed by atoms with Gasteiger partial charge in [0.05, 0.1) is 12.5 Å². The van der Waals surface area contributed by atoms with Crippen LogP contribution in [0.15, 0.2) is 24.3 Å². The van der Waals surface area contributed by atoms with Crippen LogP contribution >= 0.6 is 0 Å². The summed E-state index contributed by atoms with van der Waals surface area (Å²) < 4.78 is 5.20. The van der Waals surface area contributed by atoms with E-state index < -0.39 is 11.7 Å². The van der Waals surface area contributed by atoms with E-state index in [1.165, 1.54) is 0 Å². The van der Waals surface area contributed by atoms with Crippen molar-refractivity contribution in [2.45, 2.75) is 70.6 Å². The Morgan fingerprint density at radius 2 is 1.72 bits per heavy atom. The second-order valence-corrected chi connectivity index (χ2v) is 7.57. The first-order valence-corrected chi connectivity index (χ1v) is 8.77. The predicted molar refractivity (Wildman–Crippen MR) is 96.4 cm³/mol. The number of nitrogens with one attached hydrogen (secondary N) is 2. The van der Waals surface area contributed by atoms with E-state index in [0.717, 1.165) is 31.2 Å². The van der Waals surface area contributed by atoms with Crippen molar-refractivity contribution in [3.05, 3.63) is 29.8 Å². The fourth-order valence-corrected chi connectivity index (χ4v) is 2.81. The highest BCUT2D eigenvalue weighted by molar-refractivity contribution is 5.85. The molecule has 138 valence electrons. The van der Waals surface area contributed by atoms with Crippen LogP contribution in [0.3, 0.4) is 0 Å². The highest BCUT2D eigenvalue weighted by atomic mass is 16.6. The van der Waals surface area contributed by atoms with Crippen LogP contribution in [0.25, 0.3) is 0 Å². The molecule has 0 heterocycles. The lowest BCUT2D eigenvalue weighted by molar-refractivity contribution is -0.121. The second kappa shape index (κ2) is 8.34. The number of aliphatic hydroxyl groups is 1. The summed E-state index contributed by atoms with van der Waals surface area (Å²) >= 11 is 0. The third-order valence-corrected chi connectivity index (χ3v) is 4.03. The monoisotopic (exact) mass is 348 g/mol. The summed E-state index contributed by atoms with van der Waals surface area (Å²) in [5, 5.41) is 15.2. The maximum absolute atomic E-state index is 12.1. The Balaban J connectivity index is 1.79. The van der Waals surface area contributed by atoms with E-state index >= 15 is 0 Å². The van der Waals surface area contributed by atoms with Gasteiger partial charge in [0.2, 0.25) is 5.91 Å². The van der Waals surface area contributed by atoms with Gasteiger partial charge in [0, 0.05) is 11.7 Å². The van der Waals surface area contributed by atoms with E-state index in [1.54, 1.807) is 32.9 Å². The molecular formula is C19H28N2O4. The summed E-state index contributed by atoms with van der Waals surface area (Å²) in [4.78, 5) is 23.8. The van der Waals surface area contributed by atoms with Crippen molar-refractivity contribution in [2.75, 3.05) is 5.32 Å². The van der Waals surface area contributed by atoms with Gasteiger partial charge in [-0.1, -0.05) is 12.1 Å². The fraction of sp³-hybridized carbons (Fsp3) is 0.579. The number of carbonyl (C=O) groups is 2. The van der Waals surface area contributed by atoms with Crippen molar-refractivity contribution in [1.82, 2.24) is 5.32 Å². The first kappa shape index (κ1) is 19.2. The van der Waals surface area contributed by atoms with E-state index in [9.17, 15) is 14.7 Å². The average Bonchev–Trinajstić information content (AvgIpc) is 2.49. The molecule has 1 saturated carbocycles. The lowest BCUT2D eigenvalue weighted by Crippen LogP contribution is -2.39. The molecule has 3 N–H and O–H groups in total. The number of anilines is 1. The third kappa shape index (κ3) is 7.13. The molecule has 1 aromatic carbocycles. The van der Waals surface area contributed by atoms with Crippen LogP contribution in [0.4, 0.5) is 10.5 Å². The molecule has 0 atom stereocenters. The van der Waals surface area contributed by atoms with Gasteiger partial charge in [-0.2, -0.15) is 0 Å². The van der Waals surface area contributed by atoms with Crippen molar-refractivity contribution in [3.8, 4) is 0 Å². The van der Waals surface area contributed by atoms with E-state index in [4.69, 9.17) is 4.74 Å². The summed E-state index contributed by atoms with van der Waals surface area (Å²) in [6.45, 7) is 5.42. The normalized spacial score (nSPS) is 20.6. The molecule has 0 saturated heterocycles. The topological polar surface area (TPSA) is 87.7 Å². The minimum atomic E-state index is -0.544. The molecule has 6 heteroatoms. The van der Waals surface area contributed by atoms with Gasteiger partial charge in [-0.25, -0.2) is 4.79 Å². The van der Waals surface area contributed by atoms with Crippen molar-refractivity contribution >= 4 is 17.7 Å². The summed E-state index contributed by atoms with van der Waals surface area (Å²) in [6, 6.07) is 7.30. The molecule has 0 spiro atoms. The van der Waals surface area contributed by atoms with Crippen LogP contribution in [-0.2, 0) is 16.0 Å². The van der Waals surface area contributed by atoms with Crippen LogP contribution < -0.4 is 10.6 Å². The van der Waals surface area contributed by atoms with Crippen molar-refractivity contribution < 1.29 is 19.4 Å². The lowest BCUT2D eigenvalue weighted by atomic mass is 9.93. The number of amides is 2. The van der Waals surface area contributed by atoms with Crippen LogP contribution in [0, 0.1) is 0 Å². The maximum atomic E-state index is 12.1. The molecule has 0 aromatic heterocycles. The van der Waals surface area contributed by atoms with Gasteiger partial charge < -0.3 is 15.2 Å². The molecule has 6 nitrogen and oxygen atoms in total. The average molecular weight is 348 g/mol. The van der Waals surface area contributed by atoms with E-state index in [-0.39, 0.29) is 18.1 Å². The first-order valence-electron chi connectivity index (χ1n) is 8.77. The van der Waals surface area contributed by atoms with Gasteiger partial charge in [-0.15, -0.1) is 0 Å². The Kier molecular flexibility index (Phi) is 6.42. The zero-order chi connectivity index (χ0) is 18.4. The van der Waals surface area contributed by atoms with Crippen LogP contribution in [0.5, 0.6) is 0 Å². The van der Waals surface area contributed by atoms with E-state index in [1.807, 2.05) is 12.1 Å². The molecule has 25 heavy (non-hydrogen) atoms. The number of rotatable bonds is 4. The molecule has 1 aliphatic carbocycles. The van der Waals surface area contributed by atoms with Crippen molar-refractivity contribution in [2.24, 2.45) is 0 Å². The van der Waals surface area contributed by atoms with Crippen molar-refractivity contribution in [3.63, 3.8) is 0 Å². The second-order valence-electron chi connectivity index (χ2n) is 7.57. The quantitative estimate of drug-likeness (QED) is 0.780. The van der Waals surface area contributed by atoms with Gasteiger partial charge >= 0.3 is 6.09 Å². The summed E-state index contributed by atoms with van der Waals surface area (Å²) in [6.07, 6.45) is 2.71. The van der Waals surface area contributed by atoms with E-state index in [2.05, 4.69) is 10.6 Å². The molecule has 1 aliphatic rings. The van der Waals surface area contributed by atoms with Gasteiger partial charge in [-0.05, 0) is 64.2 Å². The largest absolute Gasteiger partial charge is 0.444 e. The van der Waals surface area contributed by atoms with Gasteiger partial charge in [0.15, 0.2) is 0 Å². The molecule has 2 amide bonds. The number of aliphatic hydroxyl groups excluding tert-OH is 1. The minimum Gasteiger partial charge on any atom is -0.444 e. The number of carbonyl (C=O) groups excluding carboxylic acids is 2. The Bertz CT molecular complexity index is 584. The molecule has 0 radical (unpaired) electrons. The summed E-state index contributed by atoms with van der Waals surface area (Å²) in [5.41, 5.74) is 0.958. The van der Waals surface area contributed by atoms with Crippen molar-refractivity contribution in [1.29, 1.82) is 0 Å². The molecular weight excluding hydrogens is 320 g/mol. The Morgan fingerprint density at radius 3 is 2.28 bits per heavy atom. The zero-order valence-electron chi connectivity index (χ0n) is 15.2. The predicted octanol–water partition coefficient (Wildman–Crippen LogP) is 3.00. The minimum absolute atomic E-state index is 0.0192. The first-order chi connectivity index (χ1) is 11.7. The van der Waals surface area contributed by atoms with Crippen LogP contribution in [0.1, 0.15) is 52.0 Å². The molecule has 0 unspecified atom stereocenters.